The van der Waals surface area contributed by atoms with E-state index >= 15 is 0 Å². The zero-order chi connectivity index (χ0) is 15.4. The third-order valence-electron chi connectivity index (χ3n) is 3.72. The minimum atomic E-state index is -2.51. The molecule has 2 rings (SSSR count). The first-order valence-corrected chi connectivity index (χ1v) is 6.93. The molecule has 21 heavy (non-hydrogen) atoms. The van der Waals surface area contributed by atoms with E-state index in [4.69, 9.17) is 0 Å². The monoisotopic (exact) mass is 288 g/mol. The number of Topliss-reactive ketones (excluding diaryl/α,β-unsaturated/α-hetero) is 1. The van der Waals surface area contributed by atoms with Crippen molar-refractivity contribution in [1.29, 1.82) is 0 Å². The molecule has 0 aliphatic rings. The largest absolute Gasteiger partial charge is 0.293 e. The number of carbonyl (C=O) groups is 1. The van der Waals surface area contributed by atoms with Gasteiger partial charge in [0.1, 0.15) is 0 Å². The number of hydrogen-bond acceptors (Lipinski definition) is 1. The lowest BCUT2D eigenvalue weighted by atomic mass is 9.87. The van der Waals surface area contributed by atoms with Crippen molar-refractivity contribution in [3.05, 3.63) is 70.8 Å². The van der Waals surface area contributed by atoms with Gasteiger partial charge in [-0.1, -0.05) is 42.5 Å². The fraction of sp³-hybridized carbons (Fsp3) is 0.278. The molecule has 1 unspecified atom stereocenters. The molecule has 0 bridgehead atoms. The summed E-state index contributed by atoms with van der Waals surface area (Å²) in [5.41, 5.74) is 3.20. The number of halogens is 2. The molecule has 0 N–H and O–H groups in total. The van der Waals surface area contributed by atoms with Crippen molar-refractivity contribution in [3.8, 4) is 0 Å². The Labute approximate surface area is 123 Å². The van der Waals surface area contributed by atoms with Crippen LogP contribution in [0.1, 0.15) is 39.4 Å². The third kappa shape index (κ3) is 3.75. The average Bonchev–Trinajstić information content (AvgIpc) is 2.47. The molecule has 0 aliphatic heterocycles. The molecule has 0 fully saturated rings. The summed E-state index contributed by atoms with van der Waals surface area (Å²) < 4.78 is 25.7. The molecule has 2 aromatic carbocycles. The van der Waals surface area contributed by atoms with E-state index < -0.39 is 18.8 Å². The van der Waals surface area contributed by atoms with Crippen molar-refractivity contribution in [2.24, 2.45) is 0 Å². The molecule has 3 heteroatoms. The van der Waals surface area contributed by atoms with E-state index in [1.165, 1.54) is 0 Å². The highest BCUT2D eigenvalue weighted by Gasteiger charge is 2.25. The minimum Gasteiger partial charge on any atom is -0.293 e. The first kappa shape index (κ1) is 15.4. The van der Waals surface area contributed by atoms with Gasteiger partial charge in [0, 0.05) is 12.0 Å². The fourth-order valence-corrected chi connectivity index (χ4v) is 2.35. The Hall–Kier alpha value is -2.03. The van der Waals surface area contributed by atoms with Crippen molar-refractivity contribution in [1.82, 2.24) is 0 Å². The van der Waals surface area contributed by atoms with Crippen LogP contribution in [-0.2, 0) is 0 Å². The number of alkyl halides is 2. The van der Waals surface area contributed by atoms with Crippen molar-refractivity contribution >= 4 is 5.78 Å². The number of ketones is 1. The first-order valence-electron chi connectivity index (χ1n) is 6.93. The predicted molar refractivity (Wildman–Crippen MR) is 80.1 cm³/mol. The summed E-state index contributed by atoms with van der Waals surface area (Å²) >= 11 is 0. The molecule has 1 atom stereocenters. The van der Waals surface area contributed by atoms with E-state index in [0.717, 1.165) is 11.1 Å². The number of carbonyl (C=O) groups excluding carboxylic acids is 1. The van der Waals surface area contributed by atoms with Gasteiger partial charge in [-0.3, -0.25) is 4.79 Å². The maximum Gasteiger partial charge on any atom is 0.239 e. The van der Waals surface area contributed by atoms with Gasteiger partial charge in [0.15, 0.2) is 5.78 Å². The number of hydrogen-bond donors (Lipinski definition) is 0. The summed E-state index contributed by atoms with van der Waals surface area (Å²) in [7, 11) is 0. The zero-order valence-corrected chi connectivity index (χ0v) is 12.1. The van der Waals surface area contributed by atoms with Crippen LogP contribution in [0.3, 0.4) is 0 Å². The molecule has 0 saturated carbocycles. The Bertz CT molecular complexity index is 620. The van der Waals surface area contributed by atoms with Crippen molar-refractivity contribution in [2.45, 2.75) is 32.6 Å². The lowest BCUT2D eigenvalue weighted by Gasteiger charge is -2.16. The average molecular weight is 288 g/mol. The lowest BCUT2D eigenvalue weighted by molar-refractivity contribution is 0.0861. The Morgan fingerprint density at radius 3 is 2.24 bits per heavy atom. The molecule has 0 spiro atoms. The maximum absolute atomic E-state index is 12.8. The SMILES string of the molecule is Cc1ccc(C(=O)C(CC(F)F)c2ccccc2)cc1C. The van der Waals surface area contributed by atoms with E-state index in [0.29, 0.717) is 11.1 Å². The Morgan fingerprint density at radius 2 is 1.67 bits per heavy atom. The maximum atomic E-state index is 12.8. The molecule has 0 radical (unpaired) electrons. The number of aryl methyl sites for hydroxylation is 2. The van der Waals surface area contributed by atoms with Crippen LogP contribution < -0.4 is 0 Å². The molecular formula is C18H18F2O. The highest BCUT2D eigenvalue weighted by molar-refractivity contribution is 6.01. The van der Waals surface area contributed by atoms with Gasteiger partial charge < -0.3 is 0 Å². The van der Waals surface area contributed by atoms with Gasteiger partial charge >= 0.3 is 0 Å². The molecule has 0 aromatic heterocycles. The molecule has 0 saturated heterocycles. The quantitative estimate of drug-likeness (QED) is 0.713. The van der Waals surface area contributed by atoms with Crippen molar-refractivity contribution < 1.29 is 13.6 Å². The van der Waals surface area contributed by atoms with E-state index in [2.05, 4.69) is 0 Å². The van der Waals surface area contributed by atoms with E-state index in [1.807, 2.05) is 26.0 Å². The normalized spacial score (nSPS) is 12.4. The molecule has 0 amide bonds. The van der Waals surface area contributed by atoms with E-state index in [-0.39, 0.29) is 5.78 Å². The van der Waals surface area contributed by atoms with Crippen molar-refractivity contribution in [3.63, 3.8) is 0 Å². The highest BCUT2D eigenvalue weighted by atomic mass is 19.3. The van der Waals surface area contributed by atoms with E-state index in [1.54, 1.807) is 36.4 Å². The van der Waals surface area contributed by atoms with Crippen LogP contribution in [0.4, 0.5) is 8.78 Å². The minimum absolute atomic E-state index is 0.246. The molecular weight excluding hydrogens is 270 g/mol. The predicted octanol–water partition coefficient (Wildman–Crippen LogP) is 4.93. The van der Waals surface area contributed by atoms with Crippen LogP contribution in [0.25, 0.3) is 0 Å². The zero-order valence-electron chi connectivity index (χ0n) is 12.1. The van der Waals surface area contributed by atoms with Gasteiger partial charge in [-0.2, -0.15) is 0 Å². The van der Waals surface area contributed by atoms with Gasteiger partial charge in [-0.25, -0.2) is 8.78 Å². The number of benzene rings is 2. The Morgan fingerprint density at radius 1 is 1.00 bits per heavy atom. The van der Waals surface area contributed by atoms with Crippen LogP contribution >= 0.6 is 0 Å². The van der Waals surface area contributed by atoms with Gasteiger partial charge in [0.2, 0.25) is 6.43 Å². The second kappa shape index (κ2) is 6.61. The molecule has 110 valence electrons. The molecule has 1 nitrogen and oxygen atoms in total. The van der Waals surface area contributed by atoms with Gasteiger partial charge in [-0.05, 0) is 36.6 Å². The molecule has 2 aromatic rings. The van der Waals surface area contributed by atoms with Crippen molar-refractivity contribution in [2.75, 3.05) is 0 Å². The highest BCUT2D eigenvalue weighted by Crippen LogP contribution is 2.28. The first-order chi connectivity index (χ1) is 9.99. The Kier molecular flexibility index (Phi) is 4.84. The second-order valence-corrected chi connectivity index (χ2v) is 5.25. The standard InChI is InChI=1S/C18H18F2O/c1-12-8-9-15(10-13(12)2)18(21)16(11-17(19)20)14-6-4-3-5-7-14/h3-10,16-17H,11H2,1-2H3. The van der Waals surface area contributed by atoms with Gasteiger partial charge in [0.05, 0.1) is 5.92 Å². The molecule has 0 aliphatic carbocycles. The third-order valence-corrected chi connectivity index (χ3v) is 3.72. The lowest BCUT2D eigenvalue weighted by Crippen LogP contribution is -2.16. The number of rotatable bonds is 5. The fourth-order valence-electron chi connectivity index (χ4n) is 2.35. The van der Waals surface area contributed by atoms with Crippen LogP contribution in [0.2, 0.25) is 0 Å². The topological polar surface area (TPSA) is 17.1 Å². The summed E-state index contributed by atoms with van der Waals surface area (Å²) in [6, 6.07) is 14.1. The molecule has 0 heterocycles. The van der Waals surface area contributed by atoms with Crippen LogP contribution in [0.5, 0.6) is 0 Å². The summed E-state index contributed by atoms with van der Waals surface area (Å²) in [6.07, 6.45) is -2.96. The summed E-state index contributed by atoms with van der Waals surface area (Å²) in [5, 5.41) is 0. The summed E-state index contributed by atoms with van der Waals surface area (Å²) in [4.78, 5) is 12.6. The van der Waals surface area contributed by atoms with Gasteiger partial charge in [0.25, 0.3) is 0 Å². The second-order valence-electron chi connectivity index (χ2n) is 5.25. The summed E-state index contributed by atoms with van der Waals surface area (Å²) in [6.45, 7) is 3.87. The van der Waals surface area contributed by atoms with E-state index in [9.17, 15) is 13.6 Å². The van der Waals surface area contributed by atoms with Crippen LogP contribution in [0, 0.1) is 13.8 Å². The Balaban J connectivity index is 2.36. The van der Waals surface area contributed by atoms with Gasteiger partial charge in [-0.15, -0.1) is 0 Å². The van der Waals surface area contributed by atoms with Crippen LogP contribution in [0.15, 0.2) is 48.5 Å². The summed E-state index contributed by atoms with van der Waals surface area (Å²) in [5.74, 6) is -1.04. The smallest absolute Gasteiger partial charge is 0.239 e. The van der Waals surface area contributed by atoms with Crippen LogP contribution in [-0.4, -0.2) is 12.2 Å².